The van der Waals surface area contributed by atoms with Crippen LogP contribution in [-0.4, -0.2) is 31.4 Å². The van der Waals surface area contributed by atoms with Crippen LogP contribution in [0.25, 0.3) is 17.2 Å². The Morgan fingerprint density at radius 1 is 1.08 bits per heavy atom. The summed E-state index contributed by atoms with van der Waals surface area (Å²) in [4.78, 5) is 16.5. The first-order chi connectivity index (χ1) is 11.7. The predicted octanol–water partition coefficient (Wildman–Crippen LogP) is 3.21. The Balaban J connectivity index is 1.65. The minimum atomic E-state index is 0.678. The fourth-order valence-electron chi connectivity index (χ4n) is 2.68. The van der Waals surface area contributed by atoms with Crippen LogP contribution in [0.15, 0.2) is 48.9 Å². The van der Waals surface area contributed by atoms with Crippen LogP contribution >= 0.6 is 0 Å². The van der Waals surface area contributed by atoms with Crippen LogP contribution < -0.4 is 10.6 Å². The average molecular weight is 319 g/mol. The van der Waals surface area contributed by atoms with Crippen molar-refractivity contribution in [3.8, 4) is 11.4 Å². The number of aromatic amines is 1. The number of imidazole rings is 2. The molecule has 3 aromatic heterocycles. The molecule has 0 aliphatic heterocycles. The van der Waals surface area contributed by atoms with Crippen LogP contribution in [-0.2, 0) is 0 Å². The molecule has 3 N–H and O–H groups in total. The van der Waals surface area contributed by atoms with Gasteiger partial charge in [-0.15, -0.1) is 0 Å². The second-order valence-electron chi connectivity index (χ2n) is 5.43. The monoisotopic (exact) mass is 319 g/mol. The summed E-state index contributed by atoms with van der Waals surface area (Å²) in [7, 11) is 1.90. The SMILES string of the molecule is CNc1ccc(Nc2ncc(-c3c(C)nc4ncccn34)[nH]2)cc1. The molecule has 0 fully saturated rings. The van der Waals surface area contributed by atoms with E-state index in [-0.39, 0.29) is 0 Å². The van der Waals surface area contributed by atoms with E-state index in [1.165, 1.54) is 0 Å². The number of rotatable bonds is 4. The lowest BCUT2D eigenvalue weighted by Gasteiger charge is -2.04. The molecule has 24 heavy (non-hydrogen) atoms. The summed E-state index contributed by atoms with van der Waals surface area (Å²) in [5.41, 5.74) is 4.79. The Kier molecular flexibility index (Phi) is 3.38. The largest absolute Gasteiger partial charge is 0.388 e. The molecule has 4 rings (SSSR count). The molecule has 0 aliphatic carbocycles. The van der Waals surface area contributed by atoms with Crippen molar-refractivity contribution in [3.05, 3.63) is 54.6 Å². The van der Waals surface area contributed by atoms with Gasteiger partial charge < -0.3 is 15.6 Å². The number of hydrogen-bond acceptors (Lipinski definition) is 5. The highest BCUT2D eigenvalue weighted by Gasteiger charge is 2.13. The summed E-state index contributed by atoms with van der Waals surface area (Å²) in [6.45, 7) is 1.97. The molecule has 0 atom stereocenters. The standard InChI is InChI=1S/C17H17N7/c1-11-15(24-9-3-8-19-17(24)21-11)14-10-20-16(23-14)22-13-6-4-12(18-2)5-7-13/h3-10,18H,1-2H3,(H2,20,22,23). The summed E-state index contributed by atoms with van der Waals surface area (Å²) in [6, 6.07) is 9.89. The molecule has 7 nitrogen and oxygen atoms in total. The summed E-state index contributed by atoms with van der Waals surface area (Å²) >= 11 is 0. The van der Waals surface area contributed by atoms with Crippen molar-refractivity contribution in [3.63, 3.8) is 0 Å². The average Bonchev–Trinajstić information content (AvgIpc) is 3.18. The van der Waals surface area contributed by atoms with Gasteiger partial charge in [-0.25, -0.2) is 15.0 Å². The molecular weight excluding hydrogens is 302 g/mol. The first-order valence-electron chi connectivity index (χ1n) is 7.64. The van der Waals surface area contributed by atoms with Gasteiger partial charge in [0.05, 0.1) is 23.3 Å². The van der Waals surface area contributed by atoms with Gasteiger partial charge in [-0.05, 0) is 37.3 Å². The molecule has 0 amide bonds. The Labute approximate surface area is 138 Å². The van der Waals surface area contributed by atoms with Crippen LogP contribution in [0, 0.1) is 6.92 Å². The molecule has 4 aromatic rings. The van der Waals surface area contributed by atoms with Crippen molar-refractivity contribution < 1.29 is 0 Å². The Morgan fingerprint density at radius 2 is 1.88 bits per heavy atom. The van der Waals surface area contributed by atoms with E-state index in [2.05, 4.69) is 30.6 Å². The van der Waals surface area contributed by atoms with Crippen molar-refractivity contribution in [1.82, 2.24) is 24.3 Å². The highest BCUT2D eigenvalue weighted by Crippen LogP contribution is 2.24. The molecular formula is C17H17N7. The zero-order valence-corrected chi connectivity index (χ0v) is 13.4. The van der Waals surface area contributed by atoms with Gasteiger partial charge >= 0.3 is 0 Å². The maximum Gasteiger partial charge on any atom is 0.234 e. The Bertz CT molecular complexity index is 982. The van der Waals surface area contributed by atoms with Crippen LogP contribution in [0.1, 0.15) is 5.69 Å². The molecule has 3 heterocycles. The van der Waals surface area contributed by atoms with Crippen molar-refractivity contribution >= 4 is 23.1 Å². The van der Waals surface area contributed by atoms with Crippen LogP contribution in [0.5, 0.6) is 0 Å². The highest BCUT2D eigenvalue weighted by atomic mass is 15.1. The maximum absolute atomic E-state index is 4.48. The molecule has 0 saturated carbocycles. The number of H-pyrrole nitrogens is 1. The van der Waals surface area contributed by atoms with Gasteiger partial charge in [0.1, 0.15) is 0 Å². The lowest BCUT2D eigenvalue weighted by atomic mass is 10.3. The zero-order chi connectivity index (χ0) is 16.5. The first kappa shape index (κ1) is 14.3. The number of aryl methyl sites for hydroxylation is 1. The van der Waals surface area contributed by atoms with E-state index in [1.807, 2.05) is 54.9 Å². The third kappa shape index (κ3) is 2.45. The van der Waals surface area contributed by atoms with Crippen molar-refractivity contribution in [2.75, 3.05) is 17.7 Å². The number of nitrogens with one attached hydrogen (secondary N) is 3. The number of benzene rings is 1. The van der Waals surface area contributed by atoms with Gasteiger partial charge in [-0.1, -0.05) is 0 Å². The summed E-state index contributed by atoms with van der Waals surface area (Å²) in [5, 5.41) is 6.36. The number of nitrogens with zero attached hydrogens (tertiary/aromatic N) is 4. The van der Waals surface area contributed by atoms with E-state index >= 15 is 0 Å². The summed E-state index contributed by atoms with van der Waals surface area (Å²) in [5.74, 6) is 1.36. The van der Waals surface area contributed by atoms with Crippen molar-refractivity contribution in [1.29, 1.82) is 0 Å². The fraction of sp³-hybridized carbons (Fsp3) is 0.118. The molecule has 120 valence electrons. The zero-order valence-electron chi connectivity index (χ0n) is 13.4. The minimum Gasteiger partial charge on any atom is -0.388 e. The lowest BCUT2D eigenvalue weighted by Crippen LogP contribution is -1.94. The van der Waals surface area contributed by atoms with Crippen LogP contribution in [0.2, 0.25) is 0 Å². The molecule has 1 aromatic carbocycles. The maximum atomic E-state index is 4.48. The minimum absolute atomic E-state index is 0.678. The fourth-order valence-corrected chi connectivity index (χ4v) is 2.68. The van der Waals surface area contributed by atoms with E-state index < -0.39 is 0 Å². The van der Waals surface area contributed by atoms with Gasteiger partial charge in [-0.2, -0.15) is 0 Å². The van der Waals surface area contributed by atoms with Crippen molar-refractivity contribution in [2.45, 2.75) is 6.92 Å². The topological polar surface area (TPSA) is 82.9 Å². The lowest BCUT2D eigenvalue weighted by molar-refractivity contribution is 1.11. The van der Waals surface area contributed by atoms with Gasteiger partial charge in [0.15, 0.2) is 0 Å². The van der Waals surface area contributed by atoms with Crippen molar-refractivity contribution in [2.24, 2.45) is 0 Å². The van der Waals surface area contributed by atoms with Gasteiger partial charge in [0.2, 0.25) is 11.7 Å². The highest BCUT2D eigenvalue weighted by molar-refractivity contribution is 5.65. The quantitative estimate of drug-likeness (QED) is 0.538. The van der Waals surface area contributed by atoms with E-state index in [1.54, 1.807) is 12.4 Å². The van der Waals surface area contributed by atoms with E-state index in [0.29, 0.717) is 11.7 Å². The second-order valence-corrected chi connectivity index (χ2v) is 5.43. The van der Waals surface area contributed by atoms with E-state index in [9.17, 15) is 0 Å². The third-order valence-corrected chi connectivity index (χ3v) is 3.85. The molecule has 0 spiro atoms. The Hall–Kier alpha value is -3.35. The van der Waals surface area contributed by atoms with E-state index in [4.69, 9.17) is 0 Å². The predicted molar refractivity (Wildman–Crippen MR) is 94.6 cm³/mol. The molecule has 0 bridgehead atoms. The van der Waals surface area contributed by atoms with Gasteiger partial charge in [0.25, 0.3) is 0 Å². The number of anilines is 3. The number of fused-ring (bicyclic) bond motifs is 1. The normalized spacial score (nSPS) is 10.9. The van der Waals surface area contributed by atoms with Crippen LogP contribution in [0.3, 0.4) is 0 Å². The summed E-state index contributed by atoms with van der Waals surface area (Å²) < 4.78 is 1.95. The van der Waals surface area contributed by atoms with Gasteiger partial charge in [-0.3, -0.25) is 4.40 Å². The molecule has 7 heteroatoms. The second kappa shape index (κ2) is 5.69. The van der Waals surface area contributed by atoms with E-state index in [0.717, 1.165) is 28.5 Å². The smallest absolute Gasteiger partial charge is 0.234 e. The number of aromatic nitrogens is 5. The van der Waals surface area contributed by atoms with Gasteiger partial charge in [0, 0.05) is 30.8 Å². The molecule has 0 radical (unpaired) electrons. The third-order valence-electron chi connectivity index (χ3n) is 3.85. The summed E-state index contributed by atoms with van der Waals surface area (Å²) in [6.07, 6.45) is 5.48. The molecule has 0 saturated heterocycles. The van der Waals surface area contributed by atoms with Crippen LogP contribution in [0.4, 0.5) is 17.3 Å². The molecule has 0 unspecified atom stereocenters. The number of hydrogen-bond donors (Lipinski definition) is 3. The molecule has 0 aliphatic rings. The Morgan fingerprint density at radius 3 is 2.67 bits per heavy atom. The first-order valence-corrected chi connectivity index (χ1v) is 7.64.